The topological polar surface area (TPSA) is 88.8 Å². The van der Waals surface area contributed by atoms with Gasteiger partial charge in [-0.3, -0.25) is 4.68 Å². The number of hydrogen-bond donors (Lipinski definition) is 1. The van der Waals surface area contributed by atoms with Crippen molar-refractivity contribution in [3.05, 3.63) is 59.2 Å². The van der Waals surface area contributed by atoms with Crippen LogP contribution in [0.5, 0.6) is 11.5 Å². The Morgan fingerprint density at radius 1 is 1.17 bits per heavy atom. The van der Waals surface area contributed by atoms with Gasteiger partial charge in [0.2, 0.25) is 0 Å². The molecular formula is C21H17F2N5O2. The fraction of sp³-hybridized carbons (Fsp3) is 0.190. The van der Waals surface area contributed by atoms with Crippen molar-refractivity contribution in [3.8, 4) is 28.7 Å². The highest BCUT2D eigenvalue weighted by Crippen LogP contribution is 2.34. The number of aromatic amines is 1. The first-order valence-electron chi connectivity index (χ1n) is 8.95. The number of aryl methyl sites for hydroxylation is 1. The Balaban J connectivity index is 1.83. The number of rotatable bonds is 5. The monoisotopic (exact) mass is 409 g/mol. The summed E-state index contributed by atoms with van der Waals surface area (Å²) < 4.78 is 41.2. The predicted molar refractivity (Wildman–Crippen MR) is 105 cm³/mol. The van der Waals surface area contributed by atoms with E-state index in [2.05, 4.69) is 21.1 Å². The number of fused-ring (bicyclic) bond motifs is 1. The van der Waals surface area contributed by atoms with E-state index in [4.69, 9.17) is 9.47 Å². The number of ether oxygens (including phenoxy) is 2. The van der Waals surface area contributed by atoms with E-state index >= 15 is 0 Å². The summed E-state index contributed by atoms with van der Waals surface area (Å²) in [6.45, 7) is 0. The van der Waals surface area contributed by atoms with Crippen LogP contribution in [-0.4, -0.2) is 34.0 Å². The number of benzene rings is 1. The summed E-state index contributed by atoms with van der Waals surface area (Å²) in [6, 6.07) is 5.05. The molecule has 3 aromatic heterocycles. The van der Waals surface area contributed by atoms with Gasteiger partial charge < -0.3 is 14.5 Å². The summed E-state index contributed by atoms with van der Waals surface area (Å²) in [7, 11) is 4.34. The van der Waals surface area contributed by atoms with E-state index in [-0.39, 0.29) is 29.2 Å². The zero-order valence-corrected chi connectivity index (χ0v) is 16.5. The fourth-order valence-corrected chi connectivity index (χ4v) is 3.42. The molecule has 30 heavy (non-hydrogen) atoms. The number of nitrogens with one attached hydrogen (secondary N) is 1. The van der Waals surface area contributed by atoms with Gasteiger partial charge in [-0.15, -0.1) is 0 Å². The molecule has 0 aliphatic heterocycles. The van der Waals surface area contributed by atoms with Gasteiger partial charge in [-0.1, -0.05) is 0 Å². The lowest BCUT2D eigenvalue weighted by Crippen LogP contribution is -2.03. The zero-order valence-electron chi connectivity index (χ0n) is 16.5. The first kappa shape index (κ1) is 19.4. The van der Waals surface area contributed by atoms with Crippen molar-refractivity contribution in [1.82, 2.24) is 19.7 Å². The molecule has 152 valence electrons. The van der Waals surface area contributed by atoms with Crippen molar-refractivity contribution in [2.75, 3.05) is 14.2 Å². The SMILES string of the molecule is COc1cc(OC)c(F)c(Cc2c[nH]c3ncc(-c4cn(C)nc4C#N)cc23)c1F. The molecule has 0 spiro atoms. The Labute approximate surface area is 170 Å². The van der Waals surface area contributed by atoms with Gasteiger partial charge in [0.05, 0.1) is 14.2 Å². The lowest BCUT2D eigenvalue weighted by molar-refractivity contribution is 0.354. The van der Waals surface area contributed by atoms with E-state index in [9.17, 15) is 14.0 Å². The van der Waals surface area contributed by atoms with Crippen molar-refractivity contribution in [2.24, 2.45) is 7.05 Å². The molecule has 0 radical (unpaired) electrons. The van der Waals surface area contributed by atoms with E-state index in [1.54, 1.807) is 30.3 Å². The number of methoxy groups -OCH3 is 2. The van der Waals surface area contributed by atoms with Gasteiger partial charge in [-0.2, -0.15) is 10.4 Å². The van der Waals surface area contributed by atoms with E-state index in [1.165, 1.54) is 20.3 Å². The summed E-state index contributed by atoms with van der Waals surface area (Å²) in [5.74, 6) is -1.77. The van der Waals surface area contributed by atoms with Gasteiger partial charge in [0.1, 0.15) is 11.7 Å². The summed E-state index contributed by atoms with van der Waals surface area (Å²) >= 11 is 0. The van der Waals surface area contributed by atoms with Crippen molar-refractivity contribution >= 4 is 11.0 Å². The van der Waals surface area contributed by atoms with E-state index in [1.807, 2.05) is 6.07 Å². The summed E-state index contributed by atoms with van der Waals surface area (Å²) in [5, 5.41) is 14.1. The third-order valence-corrected chi connectivity index (χ3v) is 4.89. The molecule has 0 saturated heterocycles. The Hall–Kier alpha value is -3.93. The van der Waals surface area contributed by atoms with Crippen molar-refractivity contribution in [2.45, 2.75) is 6.42 Å². The van der Waals surface area contributed by atoms with Crippen LogP contribution < -0.4 is 9.47 Å². The van der Waals surface area contributed by atoms with Crippen LogP contribution in [0, 0.1) is 23.0 Å². The Morgan fingerprint density at radius 2 is 1.87 bits per heavy atom. The van der Waals surface area contributed by atoms with E-state index in [0.717, 1.165) is 0 Å². The number of aromatic nitrogens is 4. The maximum atomic E-state index is 14.8. The molecule has 7 nitrogen and oxygen atoms in total. The molecule has 3 heterocycles. The van der Waals surface area contributed by atoms with Crippen molar-refractivity contribution < 1.29 is 18.3 Å². The molecule has 1 N–H and O–H groups in total. The normalized spacial score (nSPS) is 10.9. The average Bonchev–Trinajstić information content (AvgIpc) is 3.33. The molecule has 0 unspecified atom stereocenters. The molecular weight excluding hydrogens is 392 g/mol. The minimum atomic E-state index is -0.784. The third-order valence-electron chi connectivity index (χ3n) is 4.89. The second kappa shape index (κ2) is 7.48. The minimum absolute atomic E-state index is 0.0471. The number of hydrogen-bond acceptors (Lipinski definition) is 5. The molecule has 0 aliphatic carbocycles. The maximum Gasteiger partial charge on any atom is 0.171 e. The zero-order chi connectivity index (χ0) is 21.4. The van der Waals surface area contributed by atoms with Crippen LogP contribution in [0.2, 0.25) is 0 Å². The van der Waals surface area contributed by atoms with Gasteiger partial charge in [-0.05, 0) is 11.6 Å². The molecule has 4 rings (SSSR count). The predicted octanol–water partition coefficient (Wildman–Crippen LogP) is 3.72. The van der Waals surface area contributed by atoms with Crippen LogP contribution in [0.3, 0.4) is 0 Å². The fourth-order valence-electron chi connectivity index (χ4n) is 3.42. The number of pyridine rings is 1. The van der Waals surface area contributed by atoms with Crippen molar-refractivity contribution in [1.29, 1.82) is 5.26 Å². The van der Waals surface area contributed by atoms with Crippen LogP contribution in [0.15, 0.2) is 30.7 Å². The number of H-pyrrole nitrogens is 1. The first-order chi connectivity index (χ1) is 14.5. The highest BCUT2D eigenvalue weighted by molar-refractivity contribution is 5.85. The van der Waals surface area contributed by atoms with Crippen LogP contribution in [0.1, 0.15) is 16.8 Å². The largest absolute Gasteiger partial charge is 0.494 e. The van der Waals surface area contributed by atoms with Gasteiger partial charge in [0.15, 0.2) is 28.8 Å². The lowest BCUT2D eigenvalue weighted by Gasteiger charge is -2.12. The summed E-state index contributed by atoms with van der Waals surface area (Å²) in [4.78, 5) is 7.39. The molecule has 1 aromatic carbocycles. The molecule has 0 aliphatic rings. The average molecular weight is 409 g/mol. The van der Waals surface area contributed by atoms with Crippen LogP contribution in [0.4, 0.5) is 8.78 Å². The van der Waals surface area contributed by atoms with Crippen LogP contribution in [0.25, 0.3) is 22.2 Å². The second-order valence-corrected chi connectivity index (χ2v) is 6.68. The third kappa shape index (κ3) is 3.12. The smallest absolute Gasteiger partial charge is 0.171 e. The Bertz CT molecular complexity index is 1270. The molecule has 0 saturated carbocycles. The first-order valence-corrected chi connectivity index (χ1v) is 8.95. The number of nitriles is 1. The minimum Gasteiger partial charge on any atom is -0.494 e. The maximum absolute atomic E-state index is 14.8. The molecule has 4 aromatic rings. The van der Waals surface area contributed by atoms with Gasteiger partial charge in [0, 0.05) is 60.2 Å². The molecule has 0 atom stereocenters. The standard InChI is InChI=1S/C21H17F2N5O2/c1-28-10-15(16(7-24)27-28)12-4-13-11(8-25-21(13)26-9-12)5-14-19(22)17(29-2)6-18(30-3)20(14)23/h4,6,8-10H,5H2,1-3H3,(H,25,26). The molecule has 0 amide bonds. The van der Waals surface area contributed by atoms with Gasteiger partial charge in [0.25, 0.3) is 0 Å². The summed E-state index contributed by atoms with van der Waals surface area (Å²) in [5.41, 5.74) is 2.60. The van der Waals surface area contributed by atoms with Crippen LogP contribution >= 0.6 is 0 Å². The highest BCUT2D eigenvalue weighted by atomic mass is 19.1. The van der Waals surface area contributed by atoms with Gasteiger partial charge in [-0.25, -0.2) is 13.8 Å². The van der Waals surface area contributed by atoms with E-state index in [0.29, 0.717) is 27.7 Å². The summed E-state index contributed by atoms with van der Waals surface area (Å²) in [6.07, 6.45) is 4.95. The Kier molecular flexibility index (Phi) is 4.83. The Morgan fingerprint density at radius 3 is 2.50 bits per heavy atom. The number of nitrogens with zero attached hydrogens (tertiary/aromatic N) is 4. The van der Waals surface area contributed by atoms with Crippen molar-refractivity contribution in [3.63, 3.8) is 0 Å². The van der Waals surface area contributed by atoms with Crippen LogP contribution in [-0.2, 0) is 13.5 Å². The lowest BCUT2D eigenvalue weighted by atomic mass is 10.0. The molecule has 0 bridgehead atoms. The molecule has 0 fully saturated rings. The quantitative estimate of drug-likeness (QED) is 0.543. The van der Waals surface area contributed by atoms with E-state index < -0.39 is 11.6 Å². The number of halogens is 2. The highest BCUT2D eigenvalue weighted by Gasteiger charge is 2.22. The second-order valence-electron chi connectivity index (χ2n) is 6.68. The van der Waals surface area contributed by atoms with Gasteiger partial charge >= 0.3 is 0 Å². The molecule has 9 heteroatoms.